The predicted octanol–water partition coefficient (Wildman–Crippen LogP) is 2.04. The van der Waals surface area contributed by atoms with Crippen molar-refractivity contribution in [1.82, 2.24) is 5.32 Å². The van der Waals surface area contributed by atoms with E-state index >= 15 is 0 Å². The monoisotopic (exact) mass is 217 g/mol. The zero-order chi connectivity index (χ0) is 11.6. The highest BCUT2D eigenvalue weighted by atomic mass is 32.2. The first-order valence-electron chi connectivity index (χ1n) is 4.39. The lowest BCUT2D eigenvalue weighted by atomic mass is 9.95. The average Bonchev–Trinajstić information content (AvgIpc) is 1.78. The Labute approximate surface area is 86.8 Å². The summed E-state index contributed by atoms with van der Waals surface area (Å²) in [5.41, 5.74) is 0.239. The van der Waals surface area contributed by atoms with E-state index in [2.05, 4.69) is 11.9 Å². The minimum Gasteiger partial charge on any atom is -0.365 e. The van der Waals surface area contributed by atoms with Crippen molar-refractivity contribution >= 4 is 9.84 Å². The first kappa shape index (κ1) is 13.2. The van der Waals surface area contributed by atoms with Gasteiger partial charge in [0.1, 0.15) is 0 Å². The number of allylic oxidation sites excluding steroid dienone is 2. The van der Waals surface area contributed by atoms with Gasteiger partial charge in [0.2, 0.25) is 0 Å². The van der Waals surface area contributed by atoms with Gasteiger partial charge in [-0.1, -0.05) is 27.4 Å². The molecule has 0 saturated carbocycles. The van der Waals surface area contributed by atoms with Crippen molar-refractivity contribution in [2.24, 2.45) is 5.41 Å². The molecule has 0 bridgehead atoms. The van der Waals surface area contributed by atoms with Crippen molar-refractivity contribution in [3.05, 3.63) is 23.4 Å². The molecule has 0 fully saturated rings. The summed E-state index contributed by atoms with van der Waals surface area (Å²) in [6, 6.07) is 0. The van der Waals surface area contributed by atoms with E-state index in [1.807, 2.05) is 20.8 Å². The second kappa shape index (κ2) is 4.17. The van der Waals surface area contributed by atoms with Crippen molar-refractivity contribution in [2.45, 2.75) is 27.7 Å². The molecule has 0 atom stereocenters. The fourth-order valence-corrected chi connectivity index (χ4v) is 3.34. The number of nitrogens with one attached hydrogen (secondary N) is 1. The standard InChI is InChI=1S/C10H19NO2S/c1-7-11-8(2)9(10(3,4)5)14(6,12)13/h7,11H,1H2,2-6H3/b9-8-. The van der Waals surface area contributed by atoms with E-state index in [1.165, 1.54) is 12.5 Å². The van der Waals surface area contributed by atoms with Crippen LogP contribution in [0.3, 0.4) is 0 Å². The Hall–Kier alpha value is -0.770. The fraction of sp³-hybridized carbons (Fsp3) is 0.600. The quantitative estimate of drug-likeness (QED) is 0.787. The van der Waals surface area contributed by atoms with Gasteiger partial charge in [0.05, 0.1) is 4.91 Å². The van der Waals surface area contributed by atoms with Gasteiger partial charge in [0.25, 0.3) is 0 Å². The third-order valence-corrected chi connectivity index (χ3v) is 3.37. The minimum absolute atomic E-state index is 0.395. The van der Waals surface area contributed by atoms with Gasteiger partial charge >= 0.3 is 0 Å². The van der Waals surface area contributed by atoms with Crippen molar-refractivity contribution in [3.8, 4) is 0 Å². The van der Waals surface area contributed by atoms with Gasteiger partial charge in [-0.2, -0.15) is 0 Å². The molecule has 0 aromatic heterocycles. The van der Waals surface area contributed by atoms with Crippen LogP contribution in [0.15, 0.2) is 23.4 Å². The Morgan fingerprint density at radius 3 is 2.00 bits per heavy atom. The summed E-state index contributed by atoms with van der Waals surface area (Å²) in [7, 11) is -3.17. The van der Waals surface area contributed by atoms with Crippen LogP contribution in [0.2, 0.25) is 0 Å². The molecule has 14 heavy (non-hydrogen) atoms. The van der Waals surface area contributed by atoms with E-state index in [-0.39, 0.29) is 0 Å². The van der Waals surface area contributed by atoms with Crippen molar-refractivity contribution in [2.75, 3.05) is 6.26 Å². The highest BCUT2D eigenvalue weighted by molar-refractivity contribution is 7.94. The number of sulfone groups is 1. The van der Waals surface area contributed by atoms with Crippen LogP contribution in [-0.4, -0.2) is 14.7 Å². The van der Waals surface area contributed by atoms with Crippen LogP contribution in [0, 0.1) is 5.41 Å². The normalized spacial score (nSPS) is 14.6. The Kier molecular flexibility index (Phi) is 3.94. The Morgan fingerprint density at radius 1 is 1.36 bits per heavy atom. The second-order valence-corrected chi connectivity index (χ2v) is 6.28. The number of hydrogen-bond acceptors (Lipinski definition) is 3. The zero-order valence-electron chi connectivity index (χ0n) is 9.51. The van der Waals surface area contributed by atoms with E-state index in [0.29, 0.717) is 10.6 Å². The molecular weight excluding hydrogens is 198 g/mol. The molecule has 3 nitrogen and oxygen atoms in total. The van der Waals surface area contributed by atoms with Crippen molar-refractivity contribution in [3.63, 3.8) is 0 Å². The maximum atomic E-state index is 11.6. The molecule has 0 aliphatic heterocycles. The zero-order valence-corrected chi connectivity index (χ0v) is 10.3. The topological polar surface area (TPSA) is 46.2 Å². The maximum Gasteiger partial charge on any atom is 0.173 e. The smallest absolute Gasteiger partial charge is 0.173 e. The van der Waals surface area contributed by atoms with Gasteiger partial charge < -0.3 is 5.32 Å². The van der Waals surface area contributed by atoms with Gasteiger partial charge in [0.15, 0.2) is 9.84 Å². The summed E-state index contributed by atoms with van der Waals surface area (Å²) in [4.78, 5) is 0.421. The highest BCUT2D eigenvalue weighted by Crippen LogP contribution is 2.31. The summed E-state index contributed by atoms with van der Waals surface area (Å²) in [6.07, 6.45) is 2.70. The van der Waals surface area contributed by atoms with Crippen molar-refractivity contribution < 1.29 is 8.42 Å². The van der Waals surface area contributed by atoms with E-state index in [9.17, 15) is 8.42 Å². The van der Waals surface area contributed by atoms with Crippen LogP contribution < -0.4 is 5.32 Å². The molecule has 0 aromatic carbocycles. The van der Waals surface area contributed by atoms with Crippen LogP contribution in [0.4, 0.5) is 0 Å². The molecule has 0 aromatic rings. The molecule has 0 aliphatic rings. The molecule has 0 radical (unpaired) electrons. The van der Waals surface area contributed by atoms with Crippen LogP contribution in [-0.2, 0) is 9.84 Å². The Balaban J connectivity index is 5.57. The summed E-state index contributed by atoms with van der Waals surface area (Å²) >= 11 is 0. The SMILES string of the molecule is C=CN/C(C)=C(/C(C)(C)C)S(C)(=O)=O. The minimum atomic E-state index is -3.17. The summed E-state index contributed by atoms with van der Waals surface area (Å²) in [5.74, 6) is 0. The fourth-order valence-electron chi connectivity index (χ4n) is 1.62. The number of hydrogen-bond donors (Lipinski definition) is 1. The molecular formula is C10H19NO2S. The van der Waals surface area contributed by atoms with E-state index < -0.39 is 15.3 Å². The average molecular weight is 217 g/mol. The molecule has 82 valence electrons. The molecule has 1 N–H and O–H groups in total. The van der Waals surface area contributed by atoms with Crippen LogP contribution in [0.1, 0.15) is 27.7 Å². The molecule has 0 unspecified atom stereocenters. The van der Waals surface area contributed by atoms with Crippen molar-refractivity contribution in [1.29, 1.82) is 0 Å². The molecule has 0 amide bonds. The van der Waals surface area contributed by atoms with Gasteiger partial charge in [-0.15, -0.1) is 0 Å². The van der Waals surface area contributed by atoms with Gasteiger partial charge in [-0.3, -0.25) is 0 Å². The Bertz CT molecular complexity index is 345. The lowest BCUT2D eigenvalue weighted by Gasteiger charge is -2.23. The molecule has 0 aliphatic carbocycles. The molecule has 0 saturated heterocycles. The predicted molar refractivity (Wildman–Crippen MR) is 60.3 cm³/mol. The summed E-state index contributed by atoms with van der Waals surface area (Å²) in [6.45, 7) is 10.9. The third-order valence-electron chi connectivity index (χ3n) is 1.71. The van der Waals surface area contributed by atoms with Gasteiger partial charge in [-0.05, 0) is 18.5 Å². The third kappa shape index (κ3) is 3.54. The Morgan fingerprint density at radius 2 is 1.79 bits per heavy atom. The summed E-state index contributed by atoms with van der Waals surface area (Å²) in [5, 5.41) is 2.82. The largest absolute Gasteiger partial charge is 0.365 e. The first-order valence-corrected chi connectivity index (χ1v) is 6.28. The molecule has 0 heterocycles. The molecule has 4 heteroatoms. The highest BCUT2D eigenvalue weighted by Gasteiger charge is 2.27. The maximum absolute atomic E-state index is 11.6. The van der Waals surface area contributed by atoms with Crippen LogP contribution in [0.5, 0.6) is 0 Å². The van der Waals surface area contributed by atoms with E-state index in [0.717, 1.165) is 0 Å². The van der Waals surface area contributed by atoms with Crippen LogP contribution in [0.25, 0.3) is 0 Å². The van der Waals surface area contributed by atoms with Crippen LogP contribution >= 0.6 is 0 Å². The first-order chi connectivity index (χ1) is 6.10. The second-order valence-electron chi connectivity index (χ2n) is 4.32. The summed E-state index contributed by atoms with van der Waals surface area (Å²) < 4.78 is 23.1. The molecule has 0 rings (SSSR count). The molecule has 0 spiro atoms. The van der Waals surface area contributed by atoms with Gasteiger partial charge in [0, 0.05) is 12.0 Å². The lowest BCUT2D eigenvalue weighted by Crippen LogP contribution is -2.22. The number of rotatable bonds is 3. The van der Waals surface area contributed by atoms with E-state index in [1.54, 1.807) is 6.92 Å². The van der Waals surface area contributed by atoms with E-state index in [4.69, 9.17) is 0 Å². The lowest BCUT2D eigenvalue weighted by molar-refractivity contribution is 0.508. The van der Waals surface area contributed by atoms with Gasteiger partial charge in [-0.25, -0.2) is 8.42 Å².